The molecule has 4 aliphatic rings. The average molecular weight is 276 g/mol. The van der Waals surface area contributed by atoms with Gasteiger partial charge < -0.3 is 0 Å². The Hall–Kier alpha value is -0.0800. The molecule has 20 heavy (non-hydrogen) atoms. The fourth-order valence-electron chi connectivity index (χ4n) is 6.60. The van der Waals surface area contributed by atoms with Crippen molar-refractivity contribution in [3.63, 3.8) is 0 Å². The molecular weight excluding hydrogens is 244 g/mol. The van der Waals surface area contributed by atoms with E-state index in [4.69, 9.17) is 0 Å². The summed E-state index contributed by atoms with van der Waals surface area (Å²) in [6.45, 7) is 13.1. The Morgan fingerprint density at radius 3 is 2.45 bits per heavy atom. The predicted octanol–water partition coefficient (Wildman–Crippen LogP) is 3.37. The Kier molecular flexibility index (Phi) is 3.03. The number of nitrogens with zero attached hydrogens (tertiary/aromatic N) is 2. The molecule has 4 unspecified atom stereocenters. The predicted molar refractivity (Wildman–Crippen MR) is 83.8 cm³/mol. The normalized spacial score (nSPS) is 48.5. The molecule has 0 aromatic rings. The van der Waals surface area contributed by atoms with Crippen molar-refractivity contribution in [2.75, 3.05) is 26.2 Å². The summed E-state index contributed by atoms with van der Waals surface area (Å²) >= 11 is 0. The highest BCUT2D eigenvalue weighted by molar-refractivity contribution is 5.13. The van der Waals surface area contributed by atoms with E-state index in [1.165, 1.54) is 64.7 Å². The highest BCUT2D eigenvalue weighted by atomic mass is 15.3. The van der Waals surface area contributed by atoms with Gasteiger partial charge in [0.25, 0.3) is 0 Å². The van der Waals surface area contributed by atoms with Gasteiger partial charge in [0.05, 0.1) is 0 Å². The lowest BCUT2D eigenvalue weighted by Crippen LogP contribution is -2.62. The second kappa shape index (κ2) is 4.46. The molecule has 2 saturated carbocycles. The molecule has 2 nitrogen and oxygen atoms in total. The van der Waals surface area contributed by atoms with Crippen molar-refractivity contribution >= 4 is 0 Å². The summed E-state index contributed by atoms with van der Waals surface area (Å²) in [5, 5.41) is 0. The maximum Gasteiger partial charge on any atom is 0.0223 e. The van der Waals surface area contributed by atoms with Crippen molar-refractivity contribution in [3.8, 4) is 0 Å². The zero-order chi connectivity index (χ0) is 14.0. The number of hydrogen-bond donors (Lipinski definition) is 0. The van der Waals surface area contributed by atoms with E-state index < -0.39 is 0 Å². The molecule has 2 heterocycles. The van der Waals surface area contributed by atoms with Crippen LogP contribution in [-0.2, 0) is 0 Å². The monoisotopic (exact) mass is 276 g/mol. The first-order valence-electron chi connectivity index (χ1n) is 8.99. The largest absolute Gasteiger partial charge is 0.298 e. The van der Waals surface area contributed by atoms with Crippen molar-refractivity contribution in [3.05, 3.63) is 0 Å². The molecule has 2 aliphatic heterocycles. The molecule has 0 N–H and O–H groups in total. The van der Waals surface area contributed by atoms with Crippen LogP contribution in [-0.4, -0.2) is 48.1 Å². The van der Waals surface area contributed by atoms with Crippen molar-refractivity contribution in [2.45, 2.75) is 71.4 Å². The molecule has 2 bridgehead atoms. The van der Waals surface area contributed by atoms with Crippen LogP contribution in [0.4, 0.5) is 0 Å². The van der Waals surface area contributed by atoms with Crippen LogP contribution in [0.2, 0.25) is 0 Å². The molecule has 114 valence electrons. The number of rotatable bonds is 1. The summed E-state index contributed by atoms with van der Waals surface area (Å²) < 4.78 is 0. The average Bonchev–Trinajstić information content (AvgIpc) is 2.89. The van der Waals surface area contributed by atoms with Gasteiger partial charge in [0.2, 0.25) is 0 Å². The van der Waals surface area contributed by atoms with Crippen LogP contribution in [0.5, 0.6) is 0 Å². The first kappa shape index (κ1) is 13.6. The Balaban J connectivity index is 1.55. The minimum absolute atomic E-state index is 0.545. The lowest BCUT2D eigenvalue weighted by Gasteiger charge is -2.54. The minimum atomic E-state index is 0.545. The molecule has 2 aliphatic carbocycles. The molecule has 0 spiro atoms. The van der Waals surface area contributed by atoms with Crippen molar-refractivity contribution in [1.29, 1.82) is 0 Å². The quantitative estimate of drug-likeness (QED) is 0.724. The highest BCUT2D eigenvalue weighted by Gasteiger charge is 2.61. The zero-order valence-electron chi connectivity index (χ0n) is 13.7. The molecule has 0 radical (unpaired) electrons. The third-order valence-corrected chi connectivity index (χ3v) is 7.43. The highest BCUT2D eigenvalue weighted by Crippen LogP contribution is 2.64. The van der Waals surface area contributed by atoms with E-state index in [0.29, 0.717) is 10.8 Å². The van der Waals surface area contributed by atoms with Gasteiger partial charge in [-0.2, -0.15) is 0 Å². The first-order valence-corrected chi connectivity index (χ1v) is 8.99. The van der Waals surface area contributed by atoms with Crippen LogP contribution in [0.25, 0.3) is 0 Å². The third kappa shape index (κ3) is 1.83. The van der Waals surface area contributed by atoms with Crippen molar-refractivity contribution in [2.24, 2.45) is 16.7 Å². The van der Waals surface area contributed by atoms with E-state index in [-0.39, 0.29) is 0 Å². The van der Waals surface area contributed by atoms with Crippen molar-refractivity contribution < 1.29 is 0 Å². The fraction of sp³-hybridized carbons (Fsp3) is 1.00. The topological polar surface area (TPSA) is 6.48 Å². The summed E-state index contributed by atoms with van der Waals surface area (Å²) in [5.41, 5.74) is 1.16. The van der Waals surface area contributed by atoms with E-state index in [9.17, 15) is 0 Å². The zero-order valence-corrected chi connectivity index (χ0v) is 13.7. The van der Waals surface area contributed by atoms with Crippen LogP contribution < -0.4 is 0 Å². The molecule has 2 heteroatoms. The molecular formula is C18H32N2. The molecule has 4 fully saturated rings. The van der Waals surface area contributed by atoms with Gasteiger partial charge in [-0.1, -0.05) is 27.2 Å². The number of fused-ring (bicyclic) bond motifs is 3. The number of hydrogen-bond acceptors (Lipinski definition) is 2. The van der Waals surface area contributed by atoms with Gasteiger partial charge in [-0.05, 0) is 55.4 Å². The molecule has 0 aromatic carbocycles. The summed E-state index contributed by atoms with van der Waals surface area (Å²) in [4.78, 5) is 5.70. The maximum absolute atomic E-state index is 2.92. The summed E-state index contributed by atoms with van der Waals surface area (Å²) in [6, 6.07) is 1.72. The molecule has 2 saturated heterocycles. The second-order valence-electron chi connectivity index (χ2n) is 9.00. The van der Waals surface area contributed by atoms with E-state index in [2.05, 4.69) is 30.6 Å². The lowest BCUT2D eigenvalue weighted by molar-refractivity contribution is -0.0478. The summed E-state index contributed by atoms with van der Waals surface area (Å²) in [7, 11) is 0. The van der Waals surface area contributed by atoms with Gasteiger partial charge >= 0.3 is 0 Å². The fourth-order valence-corrected chi connectivity index (χ4v) is 6.60. The number of piperazine rings is 1. The SMILES string of the molecule is CC12CCC(C1)C(C)(C)C2N1CCN2CCCCC2C1. The Labute approximate surface area is 124 Å². The van der Waals surface area contributed by atoms with Crippen LogP contribution in [0, 0.1) is 16.7 Å². The van der Waals surface area contributed by atoms with Crippen LogP contribution in [0.3, 0.4) is 0 Å². The van der Waals surface area contributed by atoms with Gasteiger partial charge in [0, 0.05) is 31.7 Å². The van der Waals surface area contributed by atoms with Gasteiger partial charge in [-0.25, -0.2) is 0 Å². The second-order valence-corrected chi connectivity index (χ2v) is 9.00. The first-order chi connectivity index (χ1) is 9.51. The van der Waals surface area contributed by atoms with Gasteiger partial charge in [-0.15, -0.1) is 0 Å². The Morgan fingerprint density at radius 2 is 1.70 bits per heavy atom. The smallest absolute Gasteiger partial charge is 0.0223 e. The van der Waals surface area contributed by atoms with E-state index in [1.807, 2.05) is 0 Å². The maximum atomic E-state index is 2.92. The van der Waals surface area contributed by atoms with Crippen LogP contribution in [0.15, 0.2) is 0 Å². The van der Waals surface area contributed by atoms with E-state index in [1.54, 1.807) is 0 Å². The molecule has 0 aromatic heterocycles. The molecule has 0 amide bonds. The molecule has 4 rings (SSSR count). The minimum Gasteiger partial charge on any atom is -0.298 e. The lowest BCUT2D eigenvalue weighted by atomic mass is 9.67. The van der Waals surface area contributed by atoms with Gasteiger partial charge in [0.15, 0.2) is 0 Å². The van der Waals surface area contributed by atoms with Crippen LogP contribution >= 0.6 is 0 Å². The van der Waals surface area contributed by atoms with Gasteiger partial charge in [0.1, 0.15) is 0 Å². The summed E-state index contributed by atoms with van der Waals surface area (Å²) in [5.74, 6) is 0.988. The Morgan fingerprint density at radius 1 is 0.900 bits per heavy atom. The van der Waals surface area contributed by atoms with E-state index >= 15 is 0 Å². The Bertz CT molecular complexity index is 386. The van der Waals surface area contributed by atoms with Crippen LogP contribution in [0.1, 0.15) is 59.3 Å². The van der Waals surface area contributed by atoms with E-state index in [0.717, 1.165) is 18.0 Å². The van der Waals surface area contributed by atoms with Gasteiger partial charge in [-0.3, -0.25) is 9.80 Å². The van der Waals surface area contributed by atoms with Crippen molar-refractivity contribution in [1.82, 2.24) is 9.80 Å². The third-order valence-electron chi connectivity index (χ3n) is 7.43. The number of piperidine rings is 1. The summed E-state index contributed by atoms with van der Waals surface area (Å²) in [6.07, 6.45) is 8.81. The standard InChI is InChI=1S/C18H32N2/c1-17(2)14-7-8-18(3,12-14)16(17)20-11-10-19-9-5-4-6-15(19)13-20/h14-16H,4-13H2,1-3H3. The molecule has 4 atom stereocenters.